The molecule has 0 radical (unpaired) electrons. The van der Waals surface area contributed by atoms with Crippen molar-refractivity contribution >= 4 is 27.3 Å². The van der Waals surface area contributed by atoms with Crippen LogP contribution in [0.4, 0.5) is 0 Å². The number of nitrogens with zero attached hydrogens (tertiary/aromatic N) is 2. The molecule has 1 aromatic heterocycles. The molecule has 0 fully saturated rings. The van der Waals surface area contributed by atoms with Crippen LogP contribution in [0.25, 0.3) is 10.6 Å². The number of ether oxygens (including phenoxy) is 1. The smallest absolute Gasteiger partial charge is 0.151 e. The minimum Gasteiger partial charge on any atom is -0.496 e. The Hall–Kier alpha value is -0.980. The molecule has 0 saturated heterocycles. The normalized spacial score (nSPS) is 11.7. The molecule has 0 aliphatic heterocycles. The van der Waals surface area contributed by atoms with Crippen molar-refractivity contribution in [2.24, 2.45) is 0 Å². The molecule has 4 nitrogen and oxygen atoms in total. The van der Waals surface area contributed by atoms with Crippen molar-refractivity contribution in [3.63, 3.8) is 0 Å². The molecule has 0 unspecified atom stereocenters. The van der Waals surface area contributed by atoms with E-state index in [1.54, 1.807) is 18.4 Å². The van der Waals surface area contributed by atoms with Gasteiger partial charge in [-0.25, -0.2) is 0 Å². The Morgan fingerprint density at radius 2 is 2.05 bits per heavy atom. The first-order chi connectivity index (χ1) is 9.39. The van der Waals surface area contributed by atoms with Crippen molar-refractivity contribution < 1.29 is 4.74 Å². The fourth-order valence-electron chi connectivity index (χ4n) is 1.62. The number of hydrogen-bond donors (Lipinski definition) is 1. The average Bonchev–Trinajstić information content (AvgIpc) is 2.84. The Morgan fingerprint density at radius 3 is 2.70 bits per heavy atom. The van der Waals surface area contributed by atoms with Gasteiger partial charge in [-0.2, -0.15) is 0 Å². The highest BCUT2D eigenvalue weighted by Crippen LogP contribution is 2.34. The van der Waals surface area contributed by atoms with Crippen molar-refractivity contribution in [3.8, 4) is 16.3 Å². The molecule has 1 aromatic carbocycles. The minimum atomic E-state index is 0.0706. The van der Waals surface area contributed by atoms with E-state index in [9.17, 15) is 0 Å². The molecule has 2 aromatic rings. The zero-order chi connectivity index (χ0) is 14.8. The molecule has 1 heterocycles. The van der Waals surface area contributed by atoms with Gasteiger partial charge in [-0.15, -0.1) is 10.2 Å². The van der Waals surface area contributed by atoms with E-state index in [4.69, 9.17) is 4.74 Å². The molecule has 0 spiro atoms. The SMILES string of the molecule is COc1cc(Br)ccc1-c1nnc(CNC(C)(C)C)s1. The summed E-state index contributed by atoms with van der Waals surface area (Å²) in [6.45, 7) is 7.12. The fraction of sp³-hybridized carbons (Fsp3) is 0.429. The van der Waals surface area contributed by atoms with Crippen LogP contribution >= 0.6 is 27.3 Å². The summed E-state index contributed by atoms with van der Waals surface area (Å²) in [5.74, 6) is 0.797. The molecule has 2 rings (SSSR count). The molecular formula is C14H18BrN3OS. The minimum absolute atomic E-state index is 0.0706. The quantitative estimate of drug-likeness (QED) is 0.904. The topological polar surface area (TPSA) is 47.0 Å². The van der Waals surface area contributed by atoms with Gasteiger partial charge in [0.15, 0.2) is 5.01 Å². The summed E-state index contributed by atoms with van der Waals surface area (Å²) in [7, 11) is 1.66. The second-order valence-corrected chi connectivity index (χ2v) is 7.43. The molecule has 6 heteroatoms. The van der Waals surface area contributed by atoms with E-state index in [1.165, 1.54) is 0 Å². The molecule has 108 valence electrons. The summed E-state index contributed by atoms with van der Waals surface area (Å²) in [6.07, 6.45) is 0. The third kappa shape index (κ3) is 4.01. The van der Waals surface area contributed by atoms with Gasteiger partial charge in [0, 0.05) is 10.0 Å². The van der Waals surface area contributed by atoms with Gasteiger partial charge in [-0.3, -0.25) is 0 Å². The van der Waals surface area contributed by atoms with Crippen LogP contribution in [0.1, 0.15) is 25.8 Å². The van der Waals surface area contributed by atoms with Gasteiger partial charge in [0.1, 0.15) is 10.8 Å². The second kappa shape index (κ2) is 6.20. The fourth-order valence-corrected chi connectivity index (χ4v) is 2.77. The first-order valence-corrected chi connectivity index (χ1v) is 7.91. The van der Waals surface area contributed by atoms with Gasteiger partial charge >= 0.3 is 0 Å². The molecule has 0 bridgehead atoms. The van der Waals surface area contributed by atoms with E-state index in [0.717, 1.165) is 32.3 Å². The largest absolute Gasteiger partial charge is 0.496 e. The van der Waals surface area contributed by atoms with Gasteiger partial charge in [-0.05, 0) is 39.0 Å². The lowest BCUT2D eigenvalue weighted by Gasteiger charge is -2.19. The molecule has 0 atom stereocenters. The zero-order valence-electron chi connectivity index (χ0n) is 12.0. The van der Waals surface area contributed by atoms with Gasteiger partial charge in [0.05, 0.1) is 19.2 Å². The average molecular weight is 356 g/mol. The number of methoxy groups -OCH3 is 1. The summed E-state index contributed by atoms with van der Waals surface area (Å²) in [5.41, 5.74) is 1.04. The molecule has 0 aliphatic rings. The molecule has 0 amide bonds. The van der Waals surface area contributed by atoms with Gasteiger partial charge in [0.25, 0.3) is 0 Å². The van der Waals surface area contributed by atoms with E-state index in [2.05, 4.69) is 52.2 Å². The Labute approximate surface area is 131 Å². The van der Waals surface area contributed by atoms with E-state index >= 15 is 0 Å². The second-order valence-electron chi connectivity index (χ2n) is 5.45. The molecular weight excluding hydrogens is 338 g/mol. The highest BCUT2D eigenvalue weighted by molar-refractivity contribution is 9.10. The highest BCUT2D eigenvalue weighted by atomic mass is 79.9. The Morgan fingerprint density at radius 1 is 1.30 bits per heavy atom. The summed E-state index contributed by atoms with van der Waals surface area (Å²) in [6, 6.07) is 5.90. The Bertz CT molecular complexity index is 592. The summed E-state index contributed by atoms with van der Waals surface area (Å²) in [4.78, 5) is 0. The van der Waals surface area contributed by atoms with Crippen LogP contribution in [0, 0.1) is 0 Å². The standard InChI is InChI=1S/C14H18BrN3OS/c1-14(2,3)16-8-12-17-18-13(20-12)10-6-5-9(15)7-11(10)19-4/h5-7,16H,8H2,1-4H3. The maximum Gasteiger partial charge on any atom is 0.151 e. The van der Waals surface area contributed by atoms with Crippen molar-refractivity contribution in [2.45, 2.75) is 32.9 Å². The number of nitrogens with one attached hydrogen (secondary N) is 1. The van der Waals surface area contributed by atoms with Crippen LogP contribution in [0.5, 0.6) is 5.75 Å². The zero-order valence-corrected chi connectivity index (χ0v) is 14.4. The number of benzene rings is 1. The van der Waals surface area contributed by atoms with Gasteiger partial charge < -0.3 is 10.1 Å². The van der Waals surface area contributed by atoms with Crippen molar-refractivity contribution in [1.29, 1.82) is 0 Å². The Kier molecular flexibility index (Phi) is 4.78. The van der Waals surface area contributed by atoms with Crippen LogP contribution in [-0.4, -0.2) is 22.8 Å². The van der Waals surface area contributed by atoms with Crippen LogP contribution in [-0.2, 0) is 6.54 Å². The molecule has 20 heavy (non-hydrogen) atoms. The summed E-state index contributed by atoms with van der Waals surface area (Å²) >= 11 is 5.02. The lowest BCUT2D eigenvalue weighted by molar-refractivity contribution is 0.416. The third-order valence-corrected chi connectivity index (χ3v) is 4.08. The van der Waals surface area contributed by atoms with Crippen LogP contribution in [0.15, 0.2) is 22.7 Å². The summed E-state index contributed by atoms with van der Waals surface area (Å²) < 4.78 is 6.38. The number of rotatable bonds is 4. The van der Waals surface area contributed by atoms with E-state index in [1.807, 2.05) is 18.2 Å². The van der Waals surface area contributed by atoms with Gasteiger partial charge in [0.2, 0.25) is 0 Å². The van der Waals surface area contributed by atoms with E-state index < -0.39 is 0 Å². The molecule has 1 N–H and O–H groups in total. The predicted molar refractivity (Wildman–Crippen MR) is 86.2 cm³/mol. The predicted octanol–water partition coefficient (Wildman–Crippen LogP) is 3.86. The maximum absolute atomic E-state index is 5.40. The number of hydrogen-bond acceptors (Lipinski definition) is 5. The van der Waals surface area contributed by atoms with Crippen molar-refractivity contribution in [1.82, 2.24) is 15.5 Å². The van der Waals surface area contributed by atoms with Crippen molar-refractivity contribution in [3.05, 3.63) is 27.7 Å². The highest BCUT2D eigenvalue weighted by Gasteiger charge is 2.14. The third-order valence-electron chi connectivity index (χ3n) is 2.63. The lowest BCUT2D eigenvalue weighted by Crippen LogP contribution is -2.35. The first-order valence-electron chi connectivity index (χ1n) is 6.30. The van der Waals surface area contributed by atoms with Crippen LogP contribution in [0.3, 0.4) is 0 Å². The Balaban J connectivity index is 2.20. The van der Waals surface area contributed by atoms with Crippen molar-refractivity contribution in [2.75, 3.05) is 7.11 Å². The van der Waals surface area contributed by atoms with E-state index in [0.29, 0.717) is 0 Å². The van der Waals surface area contributed by atoms with Crippen LogP contribution in [0.2, 0.25) is 0 Å². The van der Waals surface area contributed by atoms with E-state index in [-0.39, 0.29) is 5.54 Å². The molecule has 0 saturated carbocycles. The lowest BCUT2D eigenvalue weighted by atomic mass is 10.1. The maximum atomic E-state index is 5.40. The number of halogens is 1. The summed E-state index contributed by atoms with van der Waals surface area (Å²) in [5, 5.41) is 13.7. The first kappa shape index (κ1) is 15.4. The van der Waals surface area contributed by atoms with Gasteiger partial charge in [-0.1, -0.05) is 27.3 Å². The number of aromatic nitrogens is 2. The molecule has 0 aliphatic carbocycles. The monoisotopic (exact) mass is 355 g/mol. The van der Waals surface area contributed by atoms with Crippen LogP contribution < -0.4 is 10.1 Å².